The summed E-state index contributed by atoms with van der Waals surface area (Å²) in [5.41, 5.74) is 3.59. The lowest BCUT2D eigenvalue weighted by atomic mass is 10.1. The molecule has 2 aliphatic rings. The second kappa shape index (κ2) is 14.9. The van der Waals surface area contributed by atoms with E-state index in [1.807, 2.05) is 18.2 Å². The van der Waals surface area contributed by atoms with Crippen molar-refractivity contribution in [3.63, 3.8) is 0 Å². The molecule has 4 N–H and O–H groups in total. The zero-order chi connectivity index (χ0) is 35.3. The molecule has 1 saturated carbocycles. The highest BCUT2D eigenvalue weighted by atomic mass is 19.4. The first-order chi connectivity index (χ1) is 24.0. The number of aryl methyl sites for hydroxylation is 1. The van der Waals surface area contributed by atoms with E-state index in [1.165, 1.54) is 29.6 Å². The SMILES string of the molecule is Cc1ccccc1N1CCN(c2ccc(C(=O)NCCCNC(=O)Nc3ccc(C(F)(F)F)cc3)cc2NC(=O)c2coc(C3CC3)n2)CC1. The van der Waals surface area contributed by atoms with Crippen LogP contribution in [-0.2, 0) is 6.18 Å². The lowest BCUT2D eigenvalue weighted by molar-refractivity contribution is -0.137. The number of para-hydroxylation sites is 1. The van der Waals surface area contributed by atoms with Gasteiger partial charge in [-0.05, 0) is 80.3 Å². The van der Waals surface area contributed by atoms with Crippen LogP contribution in [0.25, 0.3) is 0 Å². The third-order valence-electron chi connectivity index (χ3n) is 8.66. The maximum Gasteiger partial charge on any atom is 0.416 e. The molecule has 0 atom stereocenters. The molecule has 1 aliphatic heterocycles. The molecule has 1 saturated heterocycles. The first-order valence-corrected chi connectivity index (χ1v) is 16.5. The van der Waals surface area contributed by atoms with Gasteiger partial charge in [-0.25, -0.2) is 9.78 Å². The molecule has 0 unspecified atom stereocenters. The van der Waals surface area contributed by atoms with Gasteiger partial charge < -0.3 is 35.5 Å². The van der Waals surface area contributed by atoms with Crippen molar-refractivity contribution in [2.45, 2.75) is 38.3 Å². The topological polar surface area (TPSA) is 132 Å². The average molecular weight is 690 g/mol. The summed E-state index contributed by atoms with van der Waals surface area (Å²) in [5, 5.41) is 10.9. The standard InChI is InChI=1S/C36H38F3N7O4/c1-23-5-2-3-6-30(23)45-17-19-46(20-18-45)31-14-9-25(21-28(31)43-33(48)29-22-50-34(44-29)24-7-8-24)32(47)40-15-4-16-41-35(49)42-27-12-10-26(11-13-27)36(37,38)39/h2-3,5-6,9-14,21-22,24H,4,7-8,15-20H2,1H3,(H,40,47)(H,43,48)(H2,41,42,49). The Labute approximate surface area is 287 Å². The fourth-order valence-corrected chi connectivity index (χ4v) is 5.77. The van der Waals surface area contributed by atoms with Crippen molar-refractivity contribution in [1.29, 1.82) is 0 Å². The number of urea groups is 1. The van der Waals surface area contributed by atoms with Gasteiger partial charge in [0, 0.05) is 62.1 Å². The number of rotatable bonds is 11. The number of halogens is 3. The Bertz CT molecular complexity index is 1830. The van der Waals surface area contributed by atoms with E-state index in [9.17, 15) is 27.6 Å². The Hall–Kier alpha value is -5.53. The van der Waals surface area contributed by atoms with Crippen LogP contribution < -0.4 is 31.1 Å². The Kier molecular flexibility index (Phi) is 10.3. The van der Waals surface area contributed by atoms with E-state index in [0.29, 0.717) is 36.7 Å². The molecule has 2 heterocycles. The van der Waals surface area contributed by atoms with Gasteiger partial charge in [0.1, 0.15) is 6.26 Å². The van der Waals surface area contributed by atoms with Crippen molar-refractivity contribution in [3.8, 4) is 0 Å². The number of piperazine rings is 1. The Balaban J connectivity index is 1.05. The zero-order valence-electron chi connectivity index (χ0n) is 27.5. The van der Waals surface area contributed by atoms with Gasteiger partial charge in [-0.2, -0.15) is 13.2 Å². The summed E-state index contributed by atoms with van der Waals surface area (Å²) in [6.07, 6.45) is -0.725. The number of benzene rings is 3. The van der Waals surface area contributed by atoms with Crippen LogP contribution in [-0.4, -0.2) is 62.1 Å². The maximum atomic E-state index is 13.3. The minimum absolute atomic E-state index is 0.173. The van der Waals surface area contributed by atoms with E-state index in [-0.39, 0.29) is 36.3 Å². The van der Waals surface area contributed by atoms with Crippen LogP contribution in [0.2, 0.25) is 0 Å². The van der Waals surface area contributed by atoms with Crippen molar-refractivity contribution in [2.24, 2.45) is 0 Å². The number of carbonyl (C=O) groups excluding carboxylic acids is 3. The fourth-order valence-electron chi connectivity index (χ4n) is 5.77. The molecular weight excluding hydrogens is 651 g/mol. The van der Waals surface area contributed by atoms with Crippen molar-refractivity contribution in [1.82, 2.24) is 15.6 Å². The van der Waals surface area contributed by atoms with E-state index in [4.69, 9.17) is 4.42 Å². The first-order valence-electron chi connectivity index (χ1n) is 16.5. The van der Waals surface area contributed by atoms with Gasteiger partial charge in [-0.15, -0.1) is 0 Å². The van der Waals surface area contributed by atoms with Crippen molar-refractivity contribution in [3.05, 3.63) is 101 Å². The number of anilines is 4. The van der Waals surface area contributed by atoms with Gasteiger partial charge in [-0.3, -0.25) is 9.59 Å². The highest BCUT2D eigenvalue weighted by molar-refractivity contribution is 6.06. The van der Waals surface area contributed by atoms with Crippen LogP contribution in [0.1, 0.15) is 63.0 Å². The van der Waals surface area contributed by atoms with Crippen LogP contribution in [0.3, 0.4) is 0 Å². The molecule has 4 amide bonds. The van der Waals surface area contributed by atoms with Gasteiger partial charge in [0.2, 0.25) is 0 Å². The van der Waals surface area contributed by atoms with Crippen LogP contribution in [0, 0.1) is 6.92 Å². The summed E-state index contributed by atoms with van der Waals surface area (Å²) in [6.45, 7) is 5.53. The Morgan fingerprint density at radius 3 is 2.20 bits per heavy atom. The monoisotopic (exact) mass is 689 g/mol. The lowest BCUT2D eigenvalue weighted by Gasteiger charge is -2.38. The summed E-state index contributed by atoms with van der Waals surface area (Å²) in [6, 6.07) is 17.0. The van der Waals surface area contributed by atoms with Crippen LogP contribution in [0.4, 0.5) is 40.7 Å². The number of oxazole rings is 1. The summed E-state index contributed by atoms with van der Waals surface area (Å²) >= 11 is 0. The Morgan fingerprint density at radius 2 is 1.52 bits per heavy atom. The average Bonchev–Trinajstić information content (AvgIpc) is 3.83. The molecule has 11 nitrogen and oxygen atoms in total. The smallest absolute Gasteiger partial charge is 0.416 e. The maximum absolute atomic E-state index is 13.3. The van der Waals surface area contributed by atoms with Gasteiger partial charge in [0.25, 0.3) is 11.8 Å². The van der Waals surface area contributed by atoms with E-state index in [2.05, 4.69) is 55.1 Å². The van der Waals surface area contributed by atoms with E-state index in [0.717, 1.165) is 43.8 Å². The molecule has 14 heteroatoms. The number of carbonyl (C=O) groups is 3. The van der Waals surface area contributed by atoms with Crippen LogP contribution in [0.5, 0.6) is 0 Å². The predicted octanol–water partition coefficient (Wildman–Crippen LogP) is 6.40. The molecular formula is C36H38F3N7O4. The number of alkyl halides is 3. The summed E-state index contributed by atoms with van der Waals surface area (Å²) < 4.78 is 43.8. The summed E-state index contributed by atoms with van der Waals surface area (Å²) in [7, 11) is 0. The van der Waals surface area contributed by atoms with Gasteiger partial charge in [0.15, 0.2) is 11.6 Å². The van der Waals surface area contributed by atoms with E-state index >= 15 is 0 Å². The van der Waals surface area contributed by atoms with Gasteiger partial charge in [0.05, 0.1) is 16.9 Å². The molecule has 6 rings (SSSR count). The number of nitrogens with one attached hydrogen (secondary N) is 4. The normalized spacial score (nSPS) is 14.6. The summed E-state index contributed by atoms with van der Waals surface area (Å²) in [5.74, 6) is 0.0245. The predicted molar refractivity (Wildman–Crippen MR) is 184 cm³/mol. The third-order valence-corrected chi connectivity index (χ3v) is 8.66. The molecule has 1 aliphatic carbocycles. The fraction of sp³-hybridized carbons (Fsp3) is 0.333. The minimum atomic E-state index is -4.46. The quantitative estimate of drug-likeness (QED) is 0.134. The van der Waals surface area contributed by atoms with Crippen molar-refractivity contribution < 1.29 is 32.0 Å². The molecule has 0 bridgehead atoms. The second-order valence-electron chi connectivity index (χ2n) is 12.4. The minimum Gasteiger partial charge on any atom is -0.448 e. The zero-order valence-corrected chi connectivity index (χ0v) is 27.5. The summed E-state index contributed by atoms with van der Waals surface area (Å²) in [4.78, 5) is 47.5. The first kappa shape index (κ1) is 34.3. The molecule has 262 valence electrons. The highest BCUT2D eigenvalue weighted by Gasteiger charge is 2.31. The second-order valence-corrected chi connectivity index (χ2v) is 12.4. The molecule has 0 spiro atoms. The highest BCUT2D eigenvalue weighted by Crippen LogP contribution is 2.39. The number of hydrogen-bond acceptors (Lipinski definition) is 7. The molecule has 4 aromatic rings. The number of amides is 4. The van der Waals surface area contributed by atoms with Gasteiger partial charge in [-0.1, -0.05) is 18.2 Å². The Morgan fingerprint density at radius 1 is 0.840 bits per heavy atom. The van der Waals surface area contributed by atoms with E-state index < -0.39 is 23.7 Å². The molecule has 2 fully saturated rings. The van der Waals surface area contributed by atoms with Gasteiger partial charge >= 0.3 is 12.2 Å². The number of hydrogen-bond donors (Lipinski definition) is 4. The van der Waals surface area contributed by atoms with Crippen molar-refractivity contribution >= 4 is 40.6 Å². The van der Waals surface area contributed by atoms with Crippen LogP contribution >= 0.6 is 0 Å². The largest absolute Gasteiger partial charge is 0.448 e. The van der Waals surface area contributed by atoms with Crippen molar-refractivity contribution in [2.75, 3.05) is 59.7 Å². The molecule has 0 radical (unpaired) electrons. The molecule has 3 aromatic carbocycles. The number of nitrogens with zero attached hydrogens (tertiary/aromatic N) is 3. The molecule has 1 aromatic heterocycles. The third kappa shape index (κ3) is 8.54. The molecule has 50 heavy (non-hydrogen) atoms. The number of aromatic nitrogens is 1. The lowest BCUT2D eigenvalue weighted by Crippen LogP contribution is -2.47. The van der Waals surface area contributed by atoms with Crippen LogP contribution in [0.15, 0.2) is 77.4 Å². The van der Waals surface area contributed by atoms with E-state index in [1.54, 1.807) is 12.1 Å².